The molecular formula is C50H36O. The highest BCUT2D eigenvalue weighted by atomic mass is 16.3. The molecule has 1 aliphatic carbocycles. The first kappa shape index (κ1) is 29.7. The summed E-state index contributed by atoms with van der Waals surface area (Å²) >= 11 is 0. The summed E-state index contributed by atoms with van der Waals surface area (Å²) in [5.41, 5.74) is 14.4. The van der Waals surface area contributed by atoms with Crippen LogP contribution in [0.15, 0.2) is 151 Å². The fourth-order valence-corrected chi connectivity index (χ4v) is 8.85. The molecule has 0 unspecified atom stereocenters. The van der Waals surface area contributed by atoms with Crippen molar-refractivity contribution in [2.75, 3.05) is 0 Å². The van der Waals surface area contributed by atoms with Gasteiger partial charge in [-0.15, -0.1) is 0 Å². The third-order valence-corrected chi connectivity index (χ3v) is 11.3. The zero-order chi connectivity index (χ0) is 34.4. The first-order valence-corrected chi connectivity index (χ1v) is 17.8. The lowest BCUT2D eigenvalue weighted by Gasteiger charge is -2.22. The maximum atomic E-state index is 6.40. The van der Waals surface area contributed by atoms with Gasteiger partial charge in [-0.05, 0) is 137 Å². The largest absolute Gasteiger partial charge is 0.456 e. The van der Waals surface area contributed by atoms with Gasteiger partial charge in [-0.1, -0.05) is 130 Å². The van der Waals surface area contributed by atoms with Crippen LogP contribution in [0.2, 0.25) is 0 Å². The van der Waals surface area contributed by atoms with E-state index in [2.05, 4.69) is 173 Å². The first-order chi connectivity index (χ1) is 24.9. The maximum Gasteiger partial charge on any atom is 0.136 e. The Labute approximate surface area is 297 Å². The van der Waals surface area contributed by atoms with Crippen molar-refractivity contribution in [2.24, 2.45) is 0 Å². The number of hydrogen-bond donors (Lipinski definition) is 0. The fourth-order valence-electron chi connectivity index (χ4n) is 8.85. The molecule has 51 heavy (non-hydrogen) atoms. The lowest BCUT2D eigenvalue weighted by Crippen LogP contribution is -2.15. The van der Waals surface area contributed by atoms with Gasteiger partial charge in [0.25, 0.3) is 0 Å². The number of benzene rings is 8. The van der Waals surface area contributed by atoms with E-state index in [1.807, 2.05) is 6.08 Å². The van der Waals surface area contributed by atoms with E-state index in [0.29, 0.717) is 0 Å². The molecule has 0 spiro atoms. The van der Waals surface area contributed by atoms with Crippen LogP contribution in [-0.4, -0.2) is 0 Å². The van der Waals surface area contributed by atoms with Crippen LogP contribution in [-0.2, 0) is 5.41 Å². The van der Waals surface area contributed by atoms with Gasteiger partial charge >= 0.3 is 0 Å². The Morgan fingerprint density at radius 3 is 1.73 bits per heavy atom. The number of fused-ring (bicyclic) bond motifs is 9. The van der Waals surface area contributed by atoms with Crippen molar-refractivity contribution in [1.82, 2.24) is 0 Å². The normalized spacial score (nSPS) is 13.5. The molecule has 0 fully saturated rings. The van der Waals surface area contributed by atoms with Crippen LogP contribution in [0, 0.1) is 0 Å². The van der Waals surface area contributed by atoms with Gasteiger partial charge in [-0.3, -0.25) is 0 Å². The minimum atomic E-state index is -0.102. The van der Waals surface area contributed by atoms with Crippen molar-refractivity contribution < 1.29 is 4.42 Å². The highest BCUT2D eigenvalue weighted by Crippen LogP contribution is 2.52. The summed E-state index contributed by atoms with van der Waals surface area (Å²) in [7, 11) is 0. The molecule has 1 aliphatic rings. The molecule has 1 aromatic heterocycles. The molecule has 0 amide bonds. The lowest BCUT2D eigenvalue weighted by molar-refractivity contribution is 0.660. The Bertz CT molecular complexity index is 2910. The Balaban J connectivity index is 1.22. The summed E-state index contributed by atoms with van der Waals surface area (Å²) in [6, 6.07) is 49.4. The number of rotatable bonds is 4. The third kappa shape index (κ3) is 4.28. The molecule has 1 heterocycles. The molecule has 1 nitrogen and oxygen atoms in total. The van der Waals surface area contributed by atoms with E-state index < -0.39 is 0 Å². The molecule has 1 heteroatoms. The summed E-state index contributed by atoms with van der Waals surface area (Å²) in [6.07, 6.45) is 6.28. The maximum absolute atomic E-state index is 6.40. The van der Waals surface area contributed by atoms with Gasteiger partial charge < -0.3 is 4.42 Å². The average Bonchev–Trinajstić information content (AvgIpc) is 3.62. The Morgan fingerprint density at radius 1 is 0.510 bits per heavy atom. The molecule has 0 atom stereocenters. The molecule has 0 saturated carbocycles. The van der Waals surface area contributed by atoms with E-state index in [0.717, 1.165) is 27.5 Å². The molecule has 0 aliphatic heterocycles. The molecule has 8 aromatic carbocycles. The van der Waals surface area contributed by atoms with Crippen molar-refractivity contribution >= 4 is 66.4 Å². The van der Waals surface area contributed by atoms with Crippen molar-refractivity contribution in [3.8, 4) is 33.4 Å². The van der Waals surface area contributed by atoms with Crippen molar-refractivity contribution in [3.63, 3.8) is 0 Å². The van der Waals surface area contributed by atoms with Gasteiger partial charge in [0.2, 0.25) is 0 Å². The molecule has 10 rings (SSSR count). The number of hydrogen-bond acceptors (Lipinski definition) is 1. The molecule has 0 N–H and O–H groups in total. The van der Waals surface area contributed by atoms with Crippen LogP contribution in [0.1, 0.15) is 43.0 Å². The van der Waals surface area contributed by atoms with Crippen LogP contribution >= 0.6 is 0 Å². The third-order valence-electron chi connectivity index (χ3n) is 11.3. The Hall–Kier alpha value is -6.18. The van der Waals surface area contributed by atoms with E-state index in [-0.39, 0.29) is 5.41 Å². The van der Waals surface area contributed by atoms with Gasteiger partial charge in [0.15, 0.2) is 0 Å². The quantitative estimate of drug-likeness (QED) is 0.172. The standard InChI is InChI=1S/C50H36O/c1-5-13-31-28-45-41(24-30(31)6-2)40-26-34(20-22-44(40)50(45,3)4)48-36-16-9-11-18-38(36)49(39-19-12-10-17-37(39)48)35-21-23-46-42(27-35)43-25-32-14-7-8-15-33(32)29-47(43)51-46/h5-29H,2H2,1,3-4H3/b13-5-. The van der Waals surface area contributed by atoms with Crippen LogP contribution in [0.5, 0.6) is 0 Å². The first-order valence-electron chi connectivity index (χ1n) is 17.8. The summed E-state index contributed by atoms with van der Waals surface area (Å²) in [4.78, 5) is 0. The van der Waals surface area contributed by atoms with Gasteiger partial charge in [0, 0.05) is 16.2 Å². The summed E-state index contributed by atoms with van der Waals surface area (Å²) < 4.78 is 6.40. The fraction of sp³-hybridized carbons (Fsp3) is 0.0800. The summed E-state index contributed by atoms with van der Waals surface area (Å²) in [6.45, 7) is 10.9. The monoisotopic (exact) mass is 652 g/mol. The second-order valence-corrected chi connectivity index (χ2v) is 14.5. The van der Waals surface area contributed by atoms with Gasteiger partial charge in [0.1, 0.15) is 11.2 Å². The SMILES string of the molecule is C=Cc1cc2c(cc1/C=C\C)C(C)(C)c1ccc(-c3c4ccccc4c(-c4ccc5oc6cc7ccccc7cc6c5c4)c4ccccc34)cc1-2. The molecule has 0 radical (unpaired) electrons. The minimum Gasteiger partial charge on any atom is -0.456 e. The second kappa shape index (κ2) is 10.9. The predicted molar refractivity (Wildman–Crippen MR) is 219 cm³/mol. The number of furan rings is 1. The summed E-state index contributed by atoms with van der Waals surface area (Å²) in [5, 5.41) is 9.69. The molecular weight excluding hydrogens is 617 g/mol. The van der Waals surface area contributed by atoms with E-state index in [9.17, 15) is 0 Å². The second-order valence-electron chi connectivity index (χ2n) is 14.5. The zero-order valence-electron chi connectivity index (χ0n) is 29.0. The van der Waals surface area contributed by atoms with E-state index >= 15 is 0 Å². The van der Waals surface area contributed by atoms with Crippen LogP contribution < -0.4 is 0 Å². The topological polar surface area (TPSA) is 13.1 Å². The molecule has 0 bridgehead atoms. The molecule has 242 valence electrons. The van der Waals surface area contributed by atoms with Crippen LogP contribution in [0.25, 0.3) is 99.8 Å². The van der Waals surface area contributed by atoms with Crippen molar-refractivity contribution in [3.05, 3.63) is 168 Å². The van der Waals surface area contributed by atoms with Crippen molar-refractivity contribution in [2.45, 2.75) is 26.2 Å². The Morgan fingerprint density at radius 2 is 1.08 bits per heavy atom. The molecule has 9 aromatic rings. The zero-order valence-corrected chi connectivity index (χ0v) is 29.0. The van der Waals surface area contributed by atoms with Crippen LogP contribution in [0.3, 0.4) is 0 Å². The summed E-state index contributed by atoms with van der Waals surface area (Å²) in [5.74, 6) is 0. The van der Waals surface area contributed by atoms with Gasteiger partial charge in [0.05, 0.1) is 0 Å². The van der Waals surface area contributed by atoms with E-state index in [1.165, 1.54) is 82.4 Å². The smallest absolute Gasteiger partial charge is 0.136 e. The number of allylic oxidation sites excluding steroid dienone is 1. The van der Waals surface area contributed by atoms with E-state index in [1.54, 1.807) is 0 Å². The average molecular weight is 653 g/mol. The minimum absolute atomic E-state index is 0.102. The van der Waals surface area contributed by atoms with Crippen molar-refractivity contribution in [1.29, 1.82) is 0 Å². The Kier molecular flexibility index (Phi) is 6.36. The van der Waals surface area contributed by atoms with Gasteiger partial charge in [-0.2, -0.15) is 0 Å². The van der Waals surface area contributed by atoms with Crippen LogP contribution in [0.4, 0.5) is 0 Å². The van der Waals surface area contributed by atoms with Gasteiger partial charge in [-0.25, -0.2) is 0 Å². The lowest BCUT2D eigenvalue weighted by atomic mass is 9.80. The molecule has 0 saturated heterocycles. The predicted octanol–water partition coefficient (Wildman–Crippen LogP) is 14.4. The highest BCUT2D eigenvalue weighted by Gasteiger charge is 2.36. The van der Waals surface area contributed by atoms with E-state index in [4.69, 9.17) is 4.42 Å². The highest BCUT2D eigenvalue weighted by molar-refractivity contribution is 6.22.